The van der Waals surface area contributed by atoms with Gasteiger partial charge in [0.25, 0.3) is 0 Å². The summed E-state index contributed by atoms with van der Waals surface area (Å²) in [5.41, 5.74) is 5.37. The summed E-state index contributed by atoms with van der Waals surface area (Å²) in [6, 6.07) is 0. The van der Waals surface area contributed by atoms with Gasteiger partial charge in [-0.25, -0.2) is 0 Å². The molecule has 1 atom stereocenters. The zero-order valence-corrected chi connectivity index (χ0v) is 7.69. The lowest BCUT2D eigenvalue weighted by atomic mass is 9.90. The highest BCUT2D eigenvalue weighted by Crippen LogP contribution is 2.30. The average Bonchev–Trinajstić information content (AvgIpc) is 2.30. The number of hydrogen-bond donors (Lipinski definition) is 1. The predicted octanol–water partition coefficient (Wildman–Crippen LogP) is 1.22. The molecular weight excluding hydrogens is 181 g/mol. The lowest BCUT2D eigenvalue weighted by Gasteiger charge is -2.23. The van der Waals surface area contributed by atoms with E-state index in [1.165, 1.54) is 4.90 Å². The van der Waals surface area contributed by atoms with E-state index in [1.807, 2.05) is 6.92 Å². The first-order valence-electron chi connectivity index (χ1n) is 4.34. The fourth-order valence-electron chi connectivity index (χ4n) is 1.68. The molecule has 1 fully saturated rings. The first-order valence-corrected chi connectivity index (χ1v) is 4.34. The summed E-state index contributed by atoms with van der Waals surface area (Å²) in [4.78, 5) is 1.42. The first kappa shape index (κ1) is 10.8. The Bertz CT molecular complexity index is 181. The molecule has 1 heterocycles. The van der Waals surface area contributed by atoms with Crippen LogP contribution in [0.15, 0.2) is 0 Å². The SMILES string of the molecule is CC1(CN)CCN(CC(F)(F)F)C1. The van der Waals surface area contributed by atoms with Crippen molar-refractivity contribution in [2.75, 3.05) is 26.2 Å². The van der Waals surface area contributed by atoms with Crippen LogP contribution in [0.25, 0.3) is 0 Å². The van der Waals surface area contributed by atoms with Crippen LogP contribution in [0.4, 0.5) is 13.2 Å². The number of hydrogen-bond acceptors (Lipinski definition) is 2. The molecule has 0 bridgehead atoms. The molecular formula is C8H15F3N2. The molecule has 0 radical (unpaired) electrons. The molecule has 5 heteroatoms. The lowest BCUT2D eigenvalue weighted by Crippen LogP contribution is -2.36. The molecule has 2 N–H and O–H groups in total. The van der Waals surface area contributed by atoms with E-state index in [4.69, 9.17) is 5.73 Å². The largest absolute Gasteiger partial charge is 0.401 e. The maximum absolute atomic E-state index is 12.0. The number of nitrogens with zero attached hydrogens (tertiary/aromatic N) is 1. The summed E-state index contributed by atoms with van der Waals surface area (Å²) in [7, 11) is 0. The molecule has 0 saturated carbocycles. The minimum absolute atomic E-state index is 0.120. The highest BCUT2D eigenvalue weighted by Gasteiger charge is 2.38. The van der Waals surface area contributed by atoms with Crippen LogP contribution >= 0.6 is 0 Å². The topological polar surface area (TPSA) is 29.3 Å². The van der Waals surface area contributed by atoms with Gasteiger partial charge in [-0.1, -0.05) is 6.92 Å². The Morgan fingerprint density at radius 3 is 2.46 bits per heavy atom. The van der Waals surface area contributed by atoms with E-state index < -0.39 is 12.7 Å². The highest BCUT2D eigenvalue weighted by atomic mass is 19.4. The van der Waals surface area contributed by atoms with E-state index >= 15 is 0 Å². The van der Waals surface area contributed by atoms with Crippen LogP contribution < -0.4 is 5.73 Å². The van der Waals surface area contributed by atoms with Crippen molar-refractivity contribution in [2.24, 2.45) is 11.1 Å². The second-order valence-electron chi connectivity index (χ2n) is 4.09. The van der Waals surface area contributed by atoms with Crippen LogP contribution in [0.2, 0.25) is 0 Å². The van der Waals surface area contributed by atoms with Gasteiger partial charge in [0.1, 0.15) is 0 Å². The minimum Gasteiger partial charge on any atom is -0.330 e. The van der Waals surface area contributed by atoms with Crippen LogP contribution in [-0.2, 0) is 0 Å². The number of likely N-dealkylation sites (tertiary alicyclic amines) is 1. The van der Waals surface area contributed by atoms with Gasteiger partial charge in [-0.15, -0.1) is 0 Å². The smallest absolute Gasteiger partial charge is 0.330 e. The Labute approximate surface area is 75.9 Å². The van der Waals surface area contributed by atoms with E-state index in [2.05, 4.69) is 0 Å². The van der Waals surface area contributed by atoms with E-state index in [0.29, 0.717) is 19.6 Å². The monoisotopic (exact) mass is 196 g/mol. The molecule has 1 unspecified atom stereocenters. The van der Waals surface area contributed by atoms with Gasteiger partial charge in [0, 0.05) is 6.54 Å². The van der Waals surface area contributed by atoms with Crippen LogP contribution in [0.5, 0.6) is 0 Å². The molecule has 1 rings (SSSR count). The molecule has 0 aromatic heterocycles. The summed E-state index contributed by atoms with van der Waals surface area (Å²) in [6.07, 6.45) is -3.32. The number of halogens is 3. The van der Waals surface area contributed by atoms with Gasteiger partial charge in [0.2, 0.25) is 0 Å². The van der Waals surface area contributed by atoms with E-state index in [0.717, 1.165) is 6.42 Å². The Morgan fingerprint density at radius 2 is 2.08 bits per heavy atom. The van der Waals surface area contributed by atoms with Crippen molar-refractivity contribution in [3.8, 4) is 0 Å². The molecule has 0 aromatic rings. The third-order valence-corrected chi connectivity index (χ3v) is 2.53. The van der Waals surface area contributed by atoms with Gasteiger partial charge in [0.15, 0.2) is 0 Å². The van der Waals surface area contributed by atoms with Gasteiger partial charge >= 0.3 is 6.18 Å². The summed E-state index contributed by atoms with van der Waals surface area (Å²) < 4.78 is 36.0. The fraction of sp³-hybridized carbons (Fsp3) is 1.00. The summed E-state index contributed by atoms with van der Waals surface area (Å²) >= 11 is 0. The maximum Gasteiger partial charge on any atom is 0.401 e. The van der Waals surface area contributed by atoms with Gasteiger partial charge in [-0.2, -0.15) is 13.2 Å². The van der Waals surface area contributed by atoms with E-state index in [9.17, 15) is 13.2 Å². The first-order chi connectivity index (χ1) is 5.85. The van der Waals surface area contributed by atoms with Crippen molar-refractivity contribution in [1.82, 2.24) is 4.90 Å². The van der Waals surface area contributed by atoms with Crippen molar-refractivity contribution in [3.63, 3.8) is 0 Å². The Kier molecular flexibility index (Phi) is 2.87. The molecule has 78 valence electrons. The lowest BCUT2D eigenvalue weighted by molar-refractivity contribution is -0.144. The highest BCUT2D eigenvalue weighted by molar-refractivity contribution is 4.87. The summed E-state index contributed by atoms with van der Waals surface area (Å²) in [6.45, 7) is 2.56. The molecule has 1 saturated heterocycles. The molecule has 0 spiro atoms. The van der Waals surface area contributed by atoms with Gasteiger partial charge in [-0.05, 0) is 24.9 Å². The zero-order chi connectivity index (χ0) is 10.1. The maximum atomic E-state index is 12.0. The second kappa shape index (κ2) is 3.46. The standard InChI is InChI=1S/C8H15F3N2/c1-7(4-12)2-3-13(5-7)6-8(9,10)11/h2-6,12H2,1H3. The zero-order valence-electron chi connectivity index (χ0n) is 7.69. The van der Waals surface area contributed by atoms with Gasteiger partial charge < -0.3 is 5.73 Å². The molecule has 0 amide bonds. The van der Waals surface area contributed by atoms with Gasteiger partial charge in [0.05, 0.1) is 6.54 Å². The molecule has 2 nitrogen and oxygen atoms in total. The third kappa shape index (κ3) is 3.15. The van der Waals surface area contributed by atoms with E-state index in [-0.39, 0.29) is 5.41 Å². The molecule has 1 aliphatic heterocycles. The quantitative estimate of drug-likeness (QED) is 0.719. The predicted molar refractivity (Wildman–Crippen MR) is 44.3 cm³/mol. The van der Waals surface area contributed by atoms with Crippen molar-refractivity contribution in [3.05, 3.63) is 0 Å². The van der Waals surface area contributed by atoms with Crippen molar-refractivity contribution < 1.29 is 13.2 Å². The molecule has 13 heavy (non-hydrogen) atoms. The fourth-order valence-corrected chi connectivity index (χ4v) is 1.68. The number of rotatable bonds is 2. The second-order valence-corrected chi connectivity index (χ2v) is 4.09. The number of nitrogens with two attached hydrogens (primary N) is 1. The third-order valence-electron chi connectivity index (χ3n) is 2.53. The Morgan fingerprint density at radius 1 is 1.46 bits per heavy atom. The Hall–Kier alpha value is -0.290. The Balaban J connectivity index is 2.42. The van der Waals surface area contributed by atoms with Crippen molar-refractivity contribution in [2.45, 2.75) is 19.5 Å². The molecule has 1 aliphatic rings. The van der Waals surface area contributed by atoms with Crippen molar-refractivity contribution in [1.29, 1.82) is 0 Å². The van der Waals surface area contributed by atoms with Crippen LogP contribution in [0.3, 0.4) is 0 Å². The minimum atomic E-state index is -4.08. The van der Waals surface area contributed by atoms with Crippen molar-refractivity contribution >= 4 is 0 Å². The van der Waals surface area contributed by atoms with E-state index in [1.54, 1.807) is 0 Å². The summed E-state index contributed by atoms with van der Waals surface area (Å²) in [5, 5.41) is 0. The number of alkyl halides is 3. The normalized spacial score (nSPS) is 31.2. The summed E-state index contributed by atoms with van der Waals surface area (Å²) in [5.74, 6) is 0. The molecule has 0 aliphatic carbocycles. The van der Waals surface area contributed by atoms with Crippen LogP contribution in [-0.4, -0.2) is 37.3 Å². The van der Waals surface area contributed by atoms with Crippen LogP contribution in [0, 0.1) is 5.41 Å². The molecule has 0 aromatic carbocycles. The average molecular weight is 196 g/mol. The van der Waals surface area contributed by atoms with Crippen LogP contribution in [0.1, 0.15) is 13.3 Å². The van der Waals surface area contributed by atoms with Gasteiger partial charge in [-0.3, -0.25) is 4.90 Å².